The van der Waals surface area contributed by atoms with E-state index in [1.165, 1.54) is 24.8 Å². The zero-order valence-corrected chi connectivity index (χ0v) is 8.74. The Morgan fingerprint density at radius 3 is 2.93 bits per heavy atom. The first-order valence-corrected chi connectivity index (χ1v) is 5.44. The highest BCUT2D eigenvalue weighted by Gasteiger charge is 2.21. The fraction of sp³-hybridized carbons (Fsp3) is 0.583. The number of aryl methyl sites for hydroxylation is 1. The highest BCUT2D eigenvalue weighted by Crippen LogP contribution is 2.33. The average molecular weight is 190 g/mol. The molecule has 1 fully saturated rings. The lowest BCUT2D eigenvalue weighted by atomic mass is 9.80. The molecule has 1 saturated carbocycles. The molecule has 1 unspecified atom stereocenters. The summed E-state index contributed by atoms with van der Waals surface area (Å²) in [6.07, 6.45) is 7.07. The summed E-state index contributed by atoms with van der Waals surface area (Å²) < 4.78 is 0. The molecule has 14 heavy (non-hydrogen) atoms. The van der Waals surface area contributed by atoms with Gasteiger partial charge < -0.3 is 5.73 Å². The molecule has 0 saturated heterocycles. The normalized spacial score (nSPS) is 19.0. The second kappa shape index (κ2) is 4.09. The van der Waals surface area contributed by atoms with E-state index in [0.29, 0.717) is 0 Å². The van der Waals surface area contributed by atoms with Gasteiger partial charge in [-0.3, -0.25) is 4.98 Å². The summed E-state index contributed by atoms with van der Waals surface area (Å²) in [6.45, 7) is 2.08. The molecule has 1 aliphatic rings. The standard InChI is InChI=1S/C12H18N2/c1-9-5-6-14-12(7-9)11(13)8-10-3-2-4-10/h5-7,10-11H,2-4,8,13H2,1H3. The van der Waals surface area contributed by atoms with Crippen molar-refractivity contribution >= 4 is 0 Å². The van der Waals surface area contributed by atoms with E-state index in [0.717, 1.165) is 18.0 Å². The van der Waals surface area contributed by atoms with E-state index in [9.17, 15) is 0 Å². The van der Waals surface area contributed by atoms with Crippen LogP contribution in [-0.2, 0) is 0 Å². The van der Waals surface area contributed by atoms with Crippen molar-refractivity contribution in [3.63, 3.8) is 0 Å². The number of hydrogen-bond acceptors (Lipinski definition) is 2. The molecule has 1 aromatic heterocycles. The van der Waals surface area contributed by atoms with Crippen molar-refractivity contribution in [2.24, 2.45) is 11.7 Å². The van der Waals surface area contributed by atoms with Gasteiger partial charge in [-0.2, -0.15) is 0 Å². The van der Waals surface area contributed by atoms with Crippen molar-refractivity contribution in [2.45, 2.75) is 38.6 Å². The topological polar surface area (TPSA) is 38.9 Å². The largest absolute Gasteiger partial charge is 0.323 e. The summed E-state index contributed by atoms with van der Waals surface area (Å²) in [7, 11) is 0. The van der Waals surface area contributed by atoms with Crippen LogP contribution in [0.3, 0.4) is 0 Å². The molecule has 0 amide bonds. The predicted molar refractivity (Wildman–Crippen MR) is 57.9 cm³/mol. The van der Waals surface area contributed by atoms with Gasteiger partial charge in [0.25, 0.3) is 0 Å². The Kier molecular flexibility index (Phi) is 2.82. The number of pyridine rings is 1. The van der Waals surface area contributed by atoms with Crippen LogP contribution in [0.5, 0.6) is 0 Å². The van der Waals surface area contributed by atoms with Crippen LogP contribution in [0, 0.1) is 12.8 Å². The van der Waals surface area contributed by atoms with Gasteiger partial charge in [0, 0.05) is 12.2 Å². The summed E-state index contributed by atoms with van der Waals surface area (Å²) in [5.41, 5.74) is 8.41. The van der Waals surface area contributed by atoms with Gasteiger partial charge in [0.2, 0.25) is 0 Å². The van der Waals surface area contributed by atoms with Gasteiger partial charge in [0.15, 0.2) is 0 Å². The molecule has 1 atom stereocenters. The SMILES string of the molecule is Cc1ccnc(C(N)CC2CCC2)c1. The fourth-order valence-electron chi connectivity index (χ4n) is 1.97. The first kappa shape index (κ1) is 9.66. The molecule has 1 aliphatic carbocycles. The molecule has 0 spiro atoms. The fourth-order valence-corrected chi connectivity index (χ4v) is 1.97. The van der Waals surface area contributed by atoms with Crippen molar-refractivity contribution in [3.05, 3.63) is 29.6 Å². The van der Waals surface area contributed by atoms with Gasteiger partial charge >= 0.3 is 0 Å². The molecule has 2 rings (SSSR count). The van der Waals surface area contributed by atoms with Gasteiger partial charge in [-0.25, -0.2) is 0 Å². The molecule has 1 aromatic rings. The molecular formula is C12H18N2. The molecule has 2 nitrogen and oxygen atoms in total. The van der Waals surface area contributed by atoms with E-state index in [1.54, 1.807) is 0 Å². The zero-order chi connectivity index (χ0) is 9.97. The molecule has 76 valence electrons. The van der Waals surface area contributed by atoms with Crippen LogP contribution < -0.4 is 5.73 Å². The molecule has 0 bridgehead atoms. The lowest BCUT2D eigenvalue weighted by Gasteiger charge is -2.27. The molecule has 2 N–H and O–H groups in total. The minimum absolute atomic E-state index is 0.139. The second-order valence-electron chi connectivity index (χ2n) is 4.40. The first-order valence-electron chi connectivity index (χ1n) is 5.44. The van der Waals surface area contributed by atoms with Crippen LogP contribution in [0.25, 0.3) is 0 Å². The Hall–Kier alpha value is -0.890. The van der Waals surface area contributed by atoms with Crippen LogP contribution in [0.4, 0.5) is 0 Å². The van der Waals surface area contributed by atoms with Gasteiger partial charge in [0.1, 0.15) is 0 Å². The predicted octanol–water partition coefficient (Wildman–Crippen LogP) is 2.58. The molecule has 0 aliphatic heterocycles. The maximum absolute atomic E-state index is 6.11. The van der Waals surface area contributed by atoms with Gasteiger partial charge in [-0.15, -0.1) is 0 Å². The highest BCUT2D eigenvalue weighted by atomic mass is 14.8. The summed E-state index contributed by atoms with van der Waals surface area (Å²) in [4.78, 5) is 4.33. The third-order valence-corrected chi connectivity index (χ3v) is 3.13. The Bertz CT molecular complexity index is 305. The third kappa shape index (κ3) is 2.13. The Morgan fingerprint density at radius 1 is 1.57 bits per heavy atom. The van der Waals surface area contributed by atoms with Crippen LogP contribution in [-0.4, -0.2) is 4.98 Å². The average Bonchev–Trinajstić information content (AvgIpc) is 2.11. The van der Waals surface area contributed by atoms with Crippen LogP contribution in [0.1, 0.15) is 43.0 Å². The second-order valence-corrected chi connectivity index (χ2v) is 4.40. The highest BCUT2D eigenvalue weighted by molar-refractivity contribution is 5.17. The minimum atomic E-state index is 0.139. The lowest BCUT2D eigenvalue weighted by Crippen LogP contribution is -2.20. The minimum Gasteiger partial charge on any atom is -0.323 e. The quantitative estimate of drug-likeness (QED) is 0.795. The summed E-state index contributed by atoms with van der Waals surface area (Å²) in [5, 5.41) is 0. The van der Waals surface area contributed by atoms with E-state index >= 15 is 0 Å². The maximum Gasteiger partial charge on any atom is 0.0573 e. The van der Waals surface area contributed by atoms with E-state index < -0.39 is 0 Å². The van der Waals surface area contributed by atoms with Crippen molar-refractivity contribution < 1.29 is 0 Å². The zero-order valence-electron chi connectivity index (χ0n) is 8.74. The molecule has 0 aromatic carbocycles. The Labute approximate surface area is 85.5 Å². The number of nitrogens with zero attached hydrogens (tertiary/aromatic N) is 1. The Balaban J connectivity index is 1.98. The number of aromatic nitrogens is 1. The van der Waals surface area contributed by atoms with E-state index in [-0.39, 0.29) is 6.04 Å². The van der Waals surface area contributed by atoms with Crippen molar-refractivity contribution in [1.29, 1.82) is 0 Å². The van der Waals surface area contributed by atoms with E-state index in [2.05, 4.69) is 18.0 Å². The van der Waals surface area contributed by atoms with Crippen molar-refractivity contribution in [1.82, 2.24) is 4.98 Å². The summed E-state index contributed by atoms with van der Waals surface area (Å²) >= 11 is 0. The summed E-state index contributed by atoms with van der Waals surface area (Å²) in [6, 6.07) is 4.25. The van der Waals surface area contributed by atoms with Crippen LogP contribution >= 0.6 is 0 Å². The van der Waals surface area contributed by atoms with Gasteiger partial charge in [0.05, 0.1) is 5.69 Å². The van der Waals surface area contributed by atoms with Crippen LogP contribution in [0.2, 0.25) is 0 Å². The lowest BCUT2D eigenvalue weighted by molar-refractivity contribution is 0.276. The smallest absolute Gasteiger partial charge is 0.0573 e. The maximum atomic E-state index is 6.11. The summed E-state index contributed by atoms with van der Waals surface area (Å²) in [5.74, 6) is 0.854. The van der Waals surface area contributed by atoms with Crippen molar-refractivity contribution in [2.75, 3.05) is 0 Å². The van der Waals surface area contributed by atoms with Gasteiger partial charge in [-0.1, -0.05) is 19.3 Å². The Morgan fingerprint density at radius 2 is 2.36 bits per heavy atom. The van der Waals surface area contributed by atoms with Gasteiger partial charge in [-0.05, 0) is 37.0 Å². The monoisotopic (exact) mass is 190 g/mol. The molecule has 2 heteroatoms. The number of hydrogen-bond donors (Lipinski definition) is 1. The third-order valence-electron chi connectivity index (χ3n) is 3.13. The number of rotatable bonds is 3. The van der Waals surface area contributed by atoms with Crippen molar-refractivity contribution in [3.8, 4) is 0 Å². The van der Waals surface area contributed by atoms with E-state index in [4.69, 9.17) is 5.73 Å². The van der Waals surface area contributed by atoms with Crippen LogP contribution in [0.15, 0.2) is 18.3 Å². The number of nitrogens with two attached hydrogens (primary N) is 1. The molecular weight excluding hydrogens is 172 g/mol. The molecule has 0 radical (unpaired) electrons. The van der Waals surface area contributed by atoms with E-state index in [1.807, 2.05) is 12.3 Å². The first-order chi connectivity index (χ1) is 6.75. The molecule has 1 heterocycles.